The van der Waals surface area contributed by atoms with Gasteiger partial charge in [-0.3, -0.25) is 14.5 Å². The lowest BCUT2D eigenvalue weighted by Gasteiger charge is -2.30. The number of halogens is 2. The van der Waals surface area contributed by atoms with Gasteiger partial charge in [0, 0.05) is 16.9 Å². The Balaban J connectivity index is 1.69. The fourth-order valence-corrected chi connectivity index (χ4v) is 5.59. The number of carbonyl (C=O) groups is 4. The average molecular weight is 568 g/mol. The Hall–Kier alpha value is -2.95. The van der Waals surface area contributed by atoms with Gasteiger partial charge in [-0.15, -0.1) is 11.8 Å². The number of hydrogen-bond acceptors (Lipinski definition) is 6. The molecule has 1 fully saturated rings. The third kappa shape index (κ3) is 6.88. The first kappa shape index (κ1) is 28.6. The molecular weight excluding hydrogens is 541 g/mol. The Labute approximate surface area is 228 Å². The number of carbonyl (C=O) groups excluding carboxylic acids is 3. The van der Waals surface area contributed by atoms with E-state index in [9.17, 15) is 24.3 Å². The number of benzene rings is 2. The van der Waals surface area contributed by atoms with E-state index in [1.165, 1.54) is 16.7 Å². The standard InChI is InChI=1S/C25H27Cl2N3O6S/c1-4-36-24(35)30-13-37-25(2,3)20(30)22(32)29-18(23(33)34)12-14-8-10-15(11-9-14)28-21(31)19-16(26)6-5-7-17(19)27/h5-11,18,20H,4,12-13H2,1-3H3,(H,28,31)(H,29,32)(H,33,34). The second kappa shape index (κ2) is 12.1. The number of amides is 3. The molecule has 37 heavy (non-hydrogen) atoms. The second-order valence-electron chi connectivity index (χ2n) is 8.80. The van der Waals surface area contributed by atoms with Crippen LogP contribution < -0.4 is 10.6 Å². The average Bonchev–Trinajstić information content (AvgIpc) is 3.15. The lowest BCUT2D eigenvalue weighted by Crippen LogP contribution is -2.56. The van der Waals surface area contributed by atoms with Gasteiger partial charge in [-0.25, -0.2) is 9.59 Å². The minimum Gasteiger partial charge on any atom is -0.480 e. The van der Waals surface area contributed by atoms with Crippen molar-refractivity contribution in [2.75, 3.05) is 17.8 Å². The van der Waals surface area contributed by atoms with Crippen LogP contribution in [0.4, 0.5) is 10.5 Å². The lowest BCUT2D eigenvalue weighted by molar-refractivity contribution is -0.142. The molecule has 0 aliphatic carbocycles. The van der Waals surface area contributed by atoms with Gasteiger partial charge in [-0.1, -0.05) is 41.4 Å². The second-order valence-corrected chi connectivity index (χ2v) is 11.2. The van der Waals surface area contributed by atoms with Crippen molar-refractivity contribution < 1.29 is 29.0 Å². The quantitative estimate of drug-likeness (QED) is 0.423. The molecule has 2 atom stereocenters. The summed E-state index contributed by atoms with van der Waals surface area (Å²) in [5.74, 6) is -2.02. The Bertz CT molecular complexity index is 1170. The van der Waals surface area contributed by atoms with Crippen molar-refractivity contribution in [3.63, 3.8) is 0 Å². The summed E-state index contributed by atoms with van der Waals surface area (Å²) < 4.78 is 4.43. The van der Waals surface area contributed by atoms with Gasteiger partial charge in [0.15, 0.2) is 0 Å². The molecule has 3 amide bonds. The fraction of sp³-hybridized carbons (Fsp3) is 0.360. The highest BCUT2D eigenvalue weighted by Gasteiger charge is 2.49. The van der Waals surface area contributed by atoms with Gasteiger partial charge in [0.05, 0.1) is 28.1 Å². The molecule has 0 radical (unpaired) electrons. The number of nitrogens with one attached hydrogen (secondary N) is 2. The molecule has 12 heteroatoms. The Morgan fingerprint density at radius 1 is 1.14 bits per heavy atom. The minimum atomic E-state index is -1.24. The summed E-state index contributed by atoms with van der Waals surface area (Å²) in [4.78, 5) is 51.3. The largest absolute Gasteiger partial charge is 0.480 e. The molecule has 198 valence electrons. The smallest absolute Gasteiger partial charge is 0.411 e. The molecule has 0 spiro atoms. The van der Waals surface area contributed by atoms with Crippen molar-refractivity contribution in [1.29, 1.82) is 0 Å². The van der Waals surface area contributed by atoms with E-state index in [1.807, 2.05) is 13.8 Å². The highest BCUT2D eigenvalue weighted by atomic mass is 35.5. The number of rotatable bonds is 8. The fourth-order valence-electron chi connectivity index (χ4n) is 3.91. The molecule has 2 aromatic rings. The molecule has 0 saturated carbocycles. The lowest BCUT2D eigenvalue weighted by atomic mass is 9.99. The van der Waals surface area contributed by atoms with Gasteiger partial charge in [-0.05, 0) is 50.6 Å². The Morgan fingerprint density at radius 3 is 2.32 bits per heavy atom. The number of anilines is 1. The zero-order valence-corrected chi connectivity index (χ0v) is 22.7. The Morgan fingerprint density at radius 2 is 1.76 bits per heavy atom. The number of ether oxygens (including phenoxy) is 1. The first-order chi connectivity index (χ1) is 17.4. The van der Waals surface area contributed by atoms with E-state index in [4.69, 9.17) is 27.9 Å². The summed E-state index contributed by atoms with van der Waals surface area (Å²) >= 11 is 13.6. The van der Waals surface area contributed by atoms with Crippen molar-refractivity contribution in [2.45, 2.75) is 44.0 Å². The van der Waals surface area contributed by atoms with Gasteiger partial charge in [0.25, 0.3) is 5.91 Å². The summed E-state index contributed by atoms with van der Waals surface area (Å²) in [6.45, 7) is 5.47. The van der Waals surface area contributed by atoms with E-state index in [0.717, 1.165) is 0 Å². The molecule has 1 aliphatic heterocycles. The maximum atomic E-state index is 13.1. The van der Waals surface area contributed by atoms with Crippen molar-refractivity contribution in [2.24, 2.45) is 0 Å². The predicted octanol–water partition coefficient (Wildman–Crippen LogP) is 4.67. The van der Waals surface area contributed by atoms with Gasteiger partial charge >= 0.3 is 12.1 Å². The first-order valence-corrected chi connectivity index (χ1v) is 13.1. The van der Waals surface area contributed by atoms with Crippen LogP contribution in [0, 0.1) is 0 Å². The maximum absolute atomic E-state index is 13.1. The molecule has 1 saturated heterocycles. The zero-order valence-electron chi connectivity index (χ0n) is 20.4. The van der Waals surface area contributed by atoms with Crippen molar-refractivity contribution in [3.8, 4) is 0 Å². The summed E-state index contributed by atoms with van der Waals surface area (Å²) in [5.41, 5.74) is 1.22. The SMILES string of the molecule is CCOC(=O)N1CSC(C)(C)C1C(=O)NC(Cc1ccc(NC(=O)c2c(Cl)cccc2Cl)cc1)C(=O)O. The van der Waals surface area contributed by atoms with E-state index < -0.39 is 40.7 Å². The van der Waals surface area contributed by atoms with Crippen molar-refractivity contribution >= 4 is 64.5 Å². The number of thioether (sulfide) groups is 1. The third-order valence-corrected chi connectivity index (χ3v) is 7.76. The first-order valence-electron chi connectivity index (χ1n) is 11.4. The van der Waals surface area contributed by atoms with E-state index in [-0.39, 0.29) is 34.5 Å². The van der Waals surface area contributed by atoms with Crippen LogP contribution in [-0.2, 0) is 20.7 Å². The van der Waals surface area contributed by atoms with Crippen LogP contribution in [0.25, 0.3) is 0 Å². The summed E-state index contributed by atoms with van der Waals surface area (Å²) in [6, 6.07) is 9.13. The molecule has 3 N–H and O–H groups in total. The number of carboxylic acids is 1. The molecule has 3 rings (SSSR count). The summed E-state index contributed by atoms with van der Waals surface area (Å²) in [6.07, 6.45) is -0.631. The number of nitrogens with zero attached hydrogens (tertiary/aromatic N) is 1. The molecule has 0 bridgehead atoms. The van der Waals surface area contributed by atoms with Crippen molar-refractivity contribution in [3.05, 3.63) is 63.6 Å². The molecule has 9 nitrogen and oxygen atoms in total. The van der Waals surface area contributed by atoms with Gasteiger partial charge < -0.3 is 20.5 Å². The molecule has 2 aromatic carbocycles. The highest BCUT2D eigenvalue weighted by molar-refractivity contribution is 8.00. The van der Waals surface area contributed by atoms with Crippen LogP contribution in [0.1, 0.15) is 36.7 Å². The molecule has 0 aromatic heterocycles. The highest BCUT2D eigenvalue weighted by Crippen LogP contribution is 2.39. The van der Waals surface area contributed by atoms with Crippen molar-refractivity contribution in [1.82, 2.24) is 10.2 Å². The van der Waals surface area contributed by atoms with Crippen LogP contribution >= 0.6 is 35.0 Å². The van der Waals surface area contributed by atoms with E-state index in [2.05, 4.69) is 10.6 Å². The van der Waals surface area contributed by atoms with Crippen LogP contribution in [0.15, 0.2) is 42.5 Å². The molecular formula is C25H27Cl2N3O6S. The molecule has 1 aliphatic rings. The van der Waals surface area contributed by atoms with E-state index in [0.29, 0.717) is 11.3 Å². The van der Waals surface area contributed by atoms with Crippen LogP contribution in [0.3, 0.4) is 0 Å². The number of hydrogen-bond donors (Lipinski definition) is 3. The third-order valence-electron chi connectivity index (χ3n) is 5.75. The normalized spacial score (nSPS) is 17.1. The summed E-state index contributed by atoms with van der Waals surface area (Å²) in [5, 5.41) is 15.5. The van der Waals surface area contributed by atoms with E-state index in [1.54, 1.807) is 49.4 Å². The molecule has 2 unspecified atom stereocenters. The predicted molar refractivity (Wildman–Crippen MR) is 143 cm³/mol. The minimum absolute atomic E-state index is 0.00859. The Kier molecular flexibility index (Phi) is 9.33. The zero-order chi connectivity index (χ0) is 27.3. The van der Waals surface area contributed by atoms with Crippen LogP contribution in [-0.4, -0.2) is 63.2 Å². The molecule has 1 heterocycles. The topological polar surface area (TPSA) is 125 Å². The van der Waals surface area contributed by atoms with Crippen LogP contribution in [0.5, 0.6) is 0 Å². The van der Waals surface area contributed by atoms with Gasteiger partial charge in [-0.2, -0.15) is 0 Å². The maximum Gasteiger partial charge on any atom is 0.411 e. The van der Waals surface area contributed by atoms with Gasteiger partial charge in [0.2, 0.25) is 5.91 Å². The number of aliphatic carboxylic acids is 1. The van der Waals surface area contributed by atoms with Crippen LogP contribution in [0.2, 0.25) is 10.0 Å². The van der Waals surface area contributed by atoms with E-state index >= 15 is 0 Å². The monoisotopic (exact) mass is 567 g/mol. The summed E-state index contributed by atoms with van der Waals surface area (Å²) in [7, 11) is 0. The van der Waals surface area contributed by atoms with Gasteiger partial charge in [0.1, 0.15) is 12.1 Å². The number of carboxylic acid groups (broad SMARTS) is 1.